The fourth-order valence-corrected chi connectivity index (χ4v) is 1.76. The van der Waals surface area contributed by atoms with Crippen LogP contribution in [0.15, 0.2) is 0 Å². The van der Waals surface area contributed by atoms with Gasteiger partial charge in [0, 0.05) is 0 Å². The molecule has 0 aliphatic rings. The molecule has 0 aromatic rings. The van der Waals surface area contributed by atoms with Crippen LogP contribution in [-0.2, 0) is 2.62 Å². The van der Waals surface area contributed by atoms with Crippen LogP contribution in [0.4, 0.5) is 0 Å². The van der Waals surface area contributed by atoms with Crippen LogP contribution >= 0.6 is 0 Å². The van der Waals surface area contributed by atoms with Crippen molar-refractivity contribution < 1.29 is 57.2 Å². The molecule has 0 aromatic carbocycles. The summed E-state index contributed by atoms with van der Waals surface area (Å²) in [5, 5.41) is 0. The highest BCUT2D eigenvalue weighted by Gasteiger charge is 2.51. The van der Waals surface area contributed by atoms with Crippen LogP contribution in [-0.4, -0.2) is 0 Å². The van der Waals surface area contributed by atoms with Gasteiger partial charge in [0.2, 0.25) is 10.2 Å². The van der Waals surface area contributed by atoms with Crippen molar-refractivity contribution >= 4 is 0 Å². The van der Waals surface area contributed by atoms with E-state index in [1.807, 2.05) is 0 Å². The van der Waals surface area contributed by atoms with Gasteiger partial charge in [0.05, 0.1) is 0 Å². The molecule has 0 atom stereocenters. The highest BCUT2D eigenvalue weighted by Crippen LogP contribution is 1.71. The molecule has 9 heteroatoms. The Bertz CT molecular complexity index is 74.1. The first-order chi connectivity index (χ1) is 3.71. The van der Waals surface area contributed by atoms with E-state index in [0.29, 0.717) is 0 Å². The van der Waals surface area contributed by atoms with Crippen molar-refractivity contribution in [1.82, 2.24) is 0 Å². The topological polar surface area (TPSA) is 148 Å². The van der Waals surface area contributed by atoms with E-state index in [9.17, 15) is 24.3 Å². The number of halogens is 2. The zero-order valence-corrected chi connectivity index (χ0v) is 6.53. The first kappa shape index (κ1) is 9.74. The lowest BCUT2D eigenvalue weighted by Crippen LogP contribution is -4.24. The first-order valence-electron chi connectivity index (χ1n) is 1.23. The van der Waals surface area contributed by atoms with Gasteiger partial charge in [-0.25, -0.2) is 10.3 Å². The van der Waals surface area contributed by atoms with E-state index >= 15 is 0 Å². The monoisotopic (exact) mass is 274 g/mol. The SMILES string of the molecule is [O-][Cl+3]([O-])([O-])O[I+3]([O-])([O-])[O-]. The Morgan fingerprint density at radius 1 is 1.00 bits per heavy atom. The Labute approximate surface area is 57.6 Å². The molecule has 0 spiro atoms. The normalized spacial score (nSPS) is 14.0. The average Bonchev–Trinajstić information content (AvgIpc) is 1.14. The molecule has 0 fully saturated rings. The molecule has 0 N–H and O–H groups in total. The zero-order chi connectivity index (χ0) is 7.71. The van der Waals surface area contributed by atoms with Gasteiger partial charge in [-0.2, -0.15) is 14.0 Å². The summed E-state index contributed by atoms with van der Waals surface area (Å²) < 4.78 is 58.5. The van der Waals surface area contributed by atoms with Crippen molar-refractivity contribution in [3.05, 3.63) is 0 Å². The van der Waals surface area contributed by atoms with Crippen molar-refractivity contribution in [2.75, 3.05) is 0 Å². The maximum absolute atomic E-state index is 9.38. The van der Waals surface area contributed by atoms with Gasteiger partial charge in [-0.3, -0.25) is 0 Å². The number of hydrogen-bond acceptors (Lipinski definition) is 7. The second-order valence-corrected chi connectivity index (χ2v) is 4.84. The van der Waals surface area contributed by atoms with Gasteiger partial charge in [0.1, 0.15) is 0 Å². The molecule has 0 aliphatic carbocycles. The summed E-state index contributed by atoms with van der Waals surface area (Å²) >= 11 is -6.33. The van der Waals surface area contributed by atoms with Crippen molar-refractivity contribution in [2.45, 2.75) is 0 Å². The second-order valence-electron chi connectivity index (χ2n) is 0.814. The lowest BCUT2D eigenvalue weighted by molar-refractivity contribution is -2.08. The van der Waals surface area contributed by atoms with Crippen LogP contribution in [0.5, 0.6) is 0 Å². The van der Waals surface area contributed by atoms with Crippen LogP contribution in [0.1, 0.15) is 0 Å². The summed E-state index contributed by atoms with van der Waals surface area (Å²) in [7, 11) is -5.13. The van der Waals surface area contributed by atoms with Crippen molar-refractivity contribution in [3.63, 3.8) is 0 Å². The third-order valence-electron chi connectivity index (χ3n) is 0.143. The lowest BCUT2D eigenvalue weighted by Gasteiger charge is -2.05. The zero-order valence-electron chi connectivity index (χ0n) is 3.61. The standard InChI is InChI=1S/ClIO7/c3-1(4,5)9-2(6,7)8. The van der Waals surface area contributed by atoms with Gasteiger partial charge in [-0.15, -0.1) is 0 Å². The van der Waals surface area contributed by atoms with Gasteiger partial charge in [0.15, 0.2) is 0 Å². The number of rotatable bonds is 2. The van der Waals surface area contributed by atoms with Gasteiger partial charge in [-0.05, 0) is 0 Å². The second kappa shape index (κ2) is 2.77. The average molecular weight is 274 g/mol. The Balaban J connectivity index is 3.75. The van der Waals surface area contributed by atoms with Crippen LogP contribution < -0.4 is 44.4 Å². The van der Waals surface area contributed by atoms with E-state index in [0.717, 1.165) is 0 Å². The Morgan fingerprint density at radius 2 is 1.33 bits per heavy atom. The van der Waals surface area contributed by atoms with Gasteiger partial charge in [-0.1, -0.05) is 0 Å². The Morgan fingerprint density at radius 3 is 1.33 bits per heavy atom. The van der Waals surface area contributed by atoms with Crippen LogP contribution in [0.25, 0.3) is 0 Å². The smallest absolute Gasteiger partial charge is 0.242 e. The minimum Gasteiger partial charge on any atom is -0.242 e. The van der Waals surface area contributed by atoms with Crippen LogP contribution in [0, 0.1) is 10.2 Å². The van der Waals surface area contributed by atoms with E-state index in [4.69, 9.17) is 0 Å². The summed E-state index contributed by atoms with van der Waals surface area (Å²) in [5.41, 5.74) is 0. The molecule has 9 heavy (non-hydrogen) atoms. The molecule has 0 bridgehead atoms. The minimum absolute atomic E-state index is 2.53. The van der Waals surface area contributed by atoms with Crippen molar-refractivity contribution in [1.29, 1.82) is 0 Å². The highest BCUT2D eigenvalue weighted by molar-refractivity contribution is 2.55. The molecule has 0 radical (unpaired) electrons. The quantitative estimate of drug-likeness (QED) is 0.454. The summed E-state index contributed by atoms with van der Waals surface area (Å²) in [6, 6.07) is 0. The third-order valence-corrected chi connectivity index (χ3v) is 2.87. The fourth-order valence-electron chi connectivity index (χ4n) is 0.0875. The van der Waals surface area contributed by atoms with Gasteiger partial charge >= 0.3 is 22.7 Å². The summed E-state index contributed by atoms with van der Waals surface area (Å²) in [6.07, 6.45) is 0. The molecule has 0 saturated heterocycles. The molecule has 0 amide bonds. The maximum atomic E-state index is 9.38. The summed E-state index contributed by atoms with van der Waals surface area (Å²) in [5.74, 6) is 0. The molecule has 56 valence electrons. The molecular weight excluding hydrogens is 274 g/mol. The van der Waals surface area contributed by atoms with Gasteiger partial charge in [0.25, 0.3) is 0 Å². The summed E-state index contributed by atoms with van der Waals surface area (Å²) in [4.78, 5) is 0. The Hall–Kier alpha value is 0.740. The minimum atomic E-state index is -6.33. The number of hydrogen-bond donors (Lipinski definition) is 0. The van der Waals surface area contributed by atoms with E-state index in [1.165, 1.54) is 0 Å². The predicted molar refractivity (Wildman–Crippen MR) is 1.08 cm³/mol. The van der Waals surface area contributed by atoms with E-state index < -0.39 is 30.3 Å². The van der Waals surface area contributed by atoms with Crippen LogP contribution in [0.2, 0.25) is 0 Å². The molecule has 0 heterocycles. The molecule has 0 aromatic heterocycles. The first-order valence-corrected chi connectivity index (χ1v) is 5.99. The molecule has 0 aliphatic heterocycles. The summed E-state index contributed by atoms with van der Waals surface area (Å²) in [6.45, 7) is 0. The third kappa shape index (κ3) is 8.74. The highest BCUT2D eigenvalue weighted by atomic mass is 127. The van der Waals surface area contributed by atoms with E-state index in [-0.39, 0.29) is 0 Å². The van der Waals surface area contributed by atoms with E-state index in [1.54, 1.807) is 0 Å². The molecular formula is ClIO7. The van der Waals surface area contributed by atoms with Crippen LogP contribution in [0.3, 0.4) is 0 Å². The molecule has 7 nitrogen and oxygen atoms in total. The molecule has 0 rings (SSSR count). The fraction of sp³-hybridized carbons (Fsp3) is 0. The predicted octanol–water partition coefficient (Wildman–Crippen LogP) is -10.2. The Kier molecular flexibility index (Phi) is 3.00. The molecule has 0 unspecified atom stereocenters. The maximum Gasteiger partial charge on any atom is 0.568 e. The largest absolute Gasteiger partial charge is 0.568 e. The molecule has 0 saturated carbocycles. The van der Waals surface area contributed by atoms with Crippen molar-refractivity contribution in [3.8, 4) is 0 Å². The van der Waals surface area contributed by atoms with Crippen molar-refractivity contribution in [2.24, 2.45) is 0 Å². The van der Waals surface area contributed by atoms with E-state index in [2.05, 4.69) is 2.62 Å². The lowest BCUT2D eigenvalue weighted by atomic mass is 15.8. The van der Waals surface area contributed by atoms with Gasteiger partial charge < -0.3 is 0 Å².